The first-order chi connectivity index (χ1) is 13.5. The summed E-state index contributed by atoms with van der Waals surface area (Å²) in [6.45, 7) is 3.86. The van der Waals surface area contributed by atoms with Gasteiger partial charge in [-0.15, -0.1) is 11.3 Å². The SMILES string of the molecule is COc1ccc(OC)c(C(O)CNC(=O)c2cc(C)n(-c3nccs3)c2C)c1. The van der Waals surface area contributed by atoms with Crippen LogP contribution >= 0.6 is 11.3 Å². The first kappa shape index (κ1) is 19.9. The van der Waals surface area contributed by atoms with E-state index in [1.165, 1.54) is 18.4 Å². The van der Waals surface area contributed by atoms with Crippen molar-refractivity contribution in [3.05, 3.63) is 58.4 Å². The predicted octanol–water partition coefficient (Wildman–Crippen LogP) is 3.03. The maximum absolute atomic E-state index is 12.7. The van der Waals surface area contributed by atoms with E-state index in [-0.39, 0.29) is 12.5 Å². The number of nitrogens with zero attached hydrogens (tertiary/aromatic N) is 2. The highest BCUT2D eigenvalue weighted by atomic mass is 32.1. The molecule has 0 saturated heterocycles. The first-order valence-corrected chi connectivity index (χ1v) is 9.61. The molecule has 1 atom stereocenters. The number of hydrogen-bond acceptors (Lipinski definition) is 6. The molecule has 28 heavy (non-hydrogen) atoms. The van der Waals surface area contributed by atoms with Gasteiger partial charge in [0.2, 0.25) is 0 Å². The van der Waals surface area contributed by atoms with Gasteiger partial charge in [0.05, 0.1) is 19.8 Å². The van der Waals surface area contributed by atoms with E-state index in [1.807, 2.05) is 29.9 Å². The van der Waals surface area contributed by atoms with Crippen molar-refractivity contribution in [3.63, 3.8) is 0 Å². The summed E-state index contributed by atoms with van der Waals surface area (Å²) in [5, 5.41) is 16.1. The molecule has 0 aliphatic rings. The maximum atomic E-state index is 12.7. The van der Waals surface area contributed by atoms with Gasteiger partial charge in [-0.2, -0.15) is 0 Å². The minimum absolute atomic E-state index is 0.0449. The van der Waals surface area contributed by atoms with Gasteiger partial charge < -0.3 is 19.9 Å². The Labute approximate surface area is 167 Å². The summed E-state index contributed by atoms with van der Waals surface area (Å²) in [6.07, 6.45) is 0.799. The number of carbonyl (C=O) groups excluding carboxylic acids is 1. The number of ether oxygens (including phenoxy) is 2. The summed E-state index contributed by atoms with van der Waals surface area (Å²) >= 11 is 1.51. The maximum Gasteiger partial charge on any atom is 0.253 e. The topological polar surface area (TPSA) is 85.6 Å². The summed E-state index contributed by atoms with van der Waals surface area (Å²) in [5.74, 6) is 0.884. The Balaban J connectivity index is 1.75. The van der Waals surface area contributed by atoms with Crippen molar-refractivity contribution >= 4 is 17.2 Å². The Hall–Kier alpha value is -2.84. The van der Waals surface area contributed by atoms with Crippen LogP contribution in [0.3, 0.4) is 0 Å². The molecule has 1 unspecified atom stereocenters. The van der Waals surface area contributed by atoms with Crippen molar-refractivity contribution in [2.45, 2.75) is 20.0 Å². The summed E-state index contributed by atoms with van der Waals surface area (Å²) in [6, 6.07) is 7.00. The molecule has 0 aliphatic heterocycles. The standard InChI is InChI=1S/C20H23N3O4S/c1-12-9-15(13(2)23(12)20-21-7-8-28-20)19(25)22-11-17(24)16-10-14(26-3)5-6-18(16)27-4/h5-10,17,24H,11H2,1-4H3,(H,22,25). The van der Waals surface area contributed by atoms with E-state index in [0.717, 1.165) is 16.5 Å². The number of methoxy groups -OCH3 is 2. The fourth-order valence-electron chi connectivity index (χ4n) is 3.11. The van der Waals surface area contributed by atoms with Gasteiger partial charge in [-0.1, -0.05) is 0 Å². The molecule has 7 nitrogen and oxygen atoms in total. The molecule has 0 bridgehead atoms. The van der Waals surface area contributed by atoms with E-state index in [1.54, 1.807) is 31.5 Å². The molecule has 0 saturated carbocycles. The van der Waals surface area contributed by atoms with E-state index in [9.17, 15) is 9.90 Å². The van der Waals surface area contributed by atoms with Crippen LogP contribution in [-0.4, -0.2) is 41.3 Å². The molecule has 8 heteroatoms. The third-order valence-corrected chi connectivity index (χ3v) is 5.29. The Bertz CT molecular complexity index is 966. The molecule has 0 aliphatic carbocycles. The van der Waals surface area contributed by atoms with E-state index < -0.39 is 6.10 Å². The van der Waals surface area contributed by atoms with Gasteiger partial charge in [-0.3, -0.25) is 9.36 Å². The van der Waals surface area contributed by atoms with Crippen LogP contribution in [0, 0.1) is 13.8 Å². The van der Waals surface area contributed by atoms with Gasteiger partial charge in [0, 0.05) is 35.1 Å². The van der Waals surface area contributed by atoms with Crippen LogP contribution in [-0.2, 0) is 0 Å². The lowest BCUT2D eigenvalue weighted by Gasteiger charge is -2.16. The third-order valence-electron chi connectivity index (χ3n) is 4.54. The molecule has 0 spiro atoms. The van der Waals surface area contributed by atoms with Gasteiger partial charge in [0.15, 0.2) is 5.13 Å². The molecule has 1 aromatic carbocycles. The number of rotatable bonds is 7. The molecule has 0 radical (unpaired) electrons. The van der Waals surface area contributed by atoms with Gasteiger partial charge in [-0.05, 0) is 38.1 Å². The Morgan fingerprint density at radius 2 is 2.07 bits per heavy atom. The zero-order valence-corrected chi connectivity index (χ0v) is 17.0. The van der Waals surface area contributed by atoms with Gasteiger partial charge in [0.1, 0.15) is 17.6 Å². The molecule has 2 N–H and O–H groups in total. The number of hydrogen-bond donors (Lipinski definition) is 2. The van der Waals surface area contributed by atoms with Crippen LogP contribution in [0.4, 0.5) is 0 Å². The van der Waals surface area contributed by atoms with Crippen molar-refractivity contribution in [2.75, 3.05) is 20.8 Å². The number of aliphatic hydroxyl groups is 1. The Morgan fingerprint density at radius 3 is 2.71 bits per heavy atom. The summed E-state index contributed by atoms with van der Waals surface area (Å²) in [5.41, 5.74) is 2.83. The smallest absolute Gasteiger partial charge is 0.253 e. The lowest BCUT2D eigenvalue weighted by atomic mass is 10.1. The number of aliphatic hydroxyl groups excluding tert-OH is 1. The molecular weight excluding hydrogens is 378 g/mol. The molecule has 2 aromatic heterocycles. The highest BCUT2D eigenvalue weighted by Crippen LogP contribution is 2.29. The number of amides is 1. The molecule has 3 aromatic rings. The number of nitrogens with one attached hydrogen (secondary N) is 1. The van der Waals surface area contributed by atoms with Crippen molar-refractivity contribution in [1.82, 2.24) is 14.9 Å². The van der Waals surface area contributed by atoms with Crippen LogP contribution in [0.25, 0.3) is 5.13 Å². The molecule has 1 amide bonds. The zero-order chi connectivity index (χ0) is 20.3. The van der Waals surface area contributed by atoms with Crippen molar-refractivity contribution < 1.29 is 19.4 Å². The fourth-order valence-corrected chi connectivity index (χ4v) is 3.86. The van der Waals surface area contributed by atoms with E-state index in [4.69, 9.17) is 9.47 Å². The number of benzene rings is 1. The molecule has 2 heterocycles. The van der Waals surface area contributed by atoms with E-state index in [2.05, 4.69) is 10.3 Å². The van der Waals surface area contributed by atoms with Gasteiger partial charge >= 0.3 is 0 Å². The Kier molecular flexibility index (Phi) is 6.01. The number of thiazole rings is 1. The Morgan fingerprint density at radius 1 is 1.29 bits per heavy atom. The summed E-state index contributed by atoms with van der Waals surface area (Å²) < 4.78 is 12.4. The second-order valence-electron chi connectivity index (χ2n) is 6.27. The monoisotopic (exact) mass is 401 g/mol. The fraction of sp³-hybridized carbons (Fsp3) is 0.300. The van der Waals surface area contributed by atoms with Crippen LogP contribution < -0.4 is 14.8 Å². The summed E-state index contributed by atoms with van der Waals surface area (Å²) in [4.78, 5) is 17.0. The average molecular weight is 401 g/mol. The van der Waals surface area contributed by atoms with Crippen LogP contribution in [0.1, 0.15) is 33.4 Å². The normalized spacial score (nSPS) is 11.9. The minimum Gasteiger partial charge on any atom is -0.497 e. The van der Waals surface area contributed by atoms with Crippen LogP contribution in [0.15, 0.2) is 35.8 Å². The molecular formula is C20H23N3O4S. The largest absolute Gasteiger partial charge is 0.497 e. The van der Waals surface area contributed by atoms with Gasteiger partial charge in [-0.25, -0.2) is 4.98 Å². The first-order valence-electron chi connectivity index (χ1n) is 8.73. The van der Waals surface area contributed by atoms with E-state index >= 15 is 0 Å². The van der Waals surface area contributed by atoms with Crippen molar-refractivity contribution in [3.8, 4) is 16.6 Å². The van der Waals surface area contributed by atoms with Gasteiger partial charge in [0.25, 0.3) is 5.91 Å². The lowest BCUT2D eigenvalue weighted by molar-refractivity contribution is 0.0914. The molecule has 3 rings (SSSR count). The highest BCUT2D eigenvalue weighted by molar-refractivity contribution is 7.12. The van der Waals surface area contributed by atoms with Crippen LogP contribution in [0.2, 0.25) is 0 Å². The van der Waals surface area contributed by atoms with Crippen molar-refractivity contribution in [2.24, 2.45) is 0 Å². The highest BCUT2D eigenvalue weighted by Gasteiger charge is 2.20. The third kappa shape index (κ3) is 3.88. The zero-order valence-electron chi connectivity index (χ0n) is 16.2. The molecule has 148 valence electrons. The average Bonchev–Trinajstić information content (AvgIpc) is 3.32. The summed E-state index contributed by atoms with van der Waals surface area (Å²) in [7, 11) is 3.09. The predicted molar refractivity (Wildman–Crippen MR) is 108 cm³/mol. The second-order valence-corrected chi connectivity index (χ2v) is 7.14. The quantitative estimate of drug-likeness (QED) is 0.636. The number of aryl methyl sites for hydroxylation is 1. The molecule has 0 fully saturated rings. The second kappa shape index (κ2) is 8.45. The number of aromatic nitrogens is 2. The lowest BCUT2D eigenvalue weighted by Crippen LogP contribution is -2.29. The minimum atomic E-state index is -0.934. The van der Waals surface area contributed by atoms with Crippen LogP contribution in [0.5, 0.6) is 11.5 Å². The van der Waals surface area contributed by atoms with E-state index in [0.29, 0.717) is 22.6 Å². The van der Waals surface area contributed by atoms with Crippen molar-refractivity contribution in [1.29, 1.82) is 0 Å². The number of carbonyl (C=O) groups is 1.